The maximum atomic E-state index is 11.7. The molecule has 102 valence electrons. The molecule has 0 unspecified atom stereocenters. The summed E-state index contributed by atoms with van der Waals surface area (Å²) < 4.78 is 4.97. The predicted octanol–water partition coefficient (Wildman–Crippen LogP) is 1.56. The van der Waals surface area contributed by atoms with Crippen LogP contribution in [0.5, 0.6) is 11.5 Å². The van der Waals surface area contributed by atoms with Crippen molar-refractivity contribution in [2.75, 3.05) is 7.11 Å². The van der Waals surface area contributed by atoms with E-state index in [2.05, 4.69) is 15.5 Å². The van der Waals surface area contributed by atoms with Crippen LogP contribution in [0, 0.1) is 0 Å². The largest absolute Gasteiger partial charge is 0.504 e. The van der Waals surface area contributed by atoms with Gasteiger partial charge in [0.2, 0.25) is 0 Å². The summed E-state index contributed by atoms with van der Waals surface area (Å²) >= 11 is 0. The normalized spacial score (nSPS) is 10.4. The molecule has 0 saturated carbocycles. The van der Waals surface area contributed by atoms with Crippen LogP contribution in [-0.2, 0) is 0 Å². The molecule has 2 rings (SSSR count). The van der Waals surface area contributed by atoms with Crippen LogP contribution in [0.2, 0.25) is 0 Å². The number of para-hydroxylation sites is 1. The second kappa shape index (κ2) is 6.33. The first-order valence-electron chi connectivity index (χ1n) is 5.83. The molecule has 0 radical (unpaired) electrons. The van der Waals surface area contributed by atoms with E-state index in [4.69, 9.17) is 4.74 Å². The van der Waals surface area contributed by atoms with Gasteiger partial charge in [0.25, 0.3) is 5.91 Å². The van der Waals surface area contributed by atoms with E-state index in [-0.39, 0.29) is 11.4 Å². The number of ether oxygens (including phenoxy) is 1. The third kappa shape index (κ3) is 3.11. The number of carbonyl (C=O) groups is 1. The number of aromatic hydroxyl groups is 1. The Morgan fingerprint density at radius 3 is 2.90 bits per heavy atom. The highest BCUT2D eigenvalue weighted by Gasteiger charge is 2.06. The molecule has 0 saturated heterocycles. The fraction of sp³-hybridized carbons (Fsp3) is 0.0714. The first-order chi connectivity index (χ1) is 9.72. The van der Waals surface area contributed by atoms with E-state index < -0.39 is 5.91 Å². The lowest BCUT2D eigenvalue weighted by Gasteiger charge is -2.04. The summed E-state index contributed by atoms with van der Waals surface area (Å²) in [5.41, 5.74) is 3.03. The lowest BCUT2D eigenvalue weighted by Crippen LogP contribution is -2.18. The molecule has 2 N–H and O–H groups in total. The summed E-state index contributed by atoms with van der Waals surface area (Å²) in [6.45, 7) is 0. The molecule has 0 bridgehead atoms. The number of phenols is 1. The van der Waals surface area contributed by atoms with Crippen molar-refractivity contribution in [2.24, 2.45) is 5.10 Å². The molecule has 0 atom stereocenters. The Bertz CT molecular complexity index is 627. The van der Waals surface area contributed by atoms with Crippen LogP contribution in [0.1, 0.15) is 16.1 Å². The van der Waals surface area contributed by atoms with Crippen LogP contribution in [0.15, 0.2) is 47.7 Å². The number of rotatable bonds is 4. The lowest BCUT2D eigenvalue weighted by atomic mass is 10.2. The molecule has 1 heterocycles. The highest BCUT2D eigenvalue weighted by molar-refractivity contribution is 5.93. The van der Waals surface area contributed by atoms with E-state index in [1.807, 2.05) is 0 Å². The van der Waals surface area contributed by atoms with E-state index in [9.17, 15) is 9.90 Å². The average Bonchev–Trinajstić information content (AvgIpc) is 2.49. The van der Waals surface area contributed by atoms with Crippen LogP contribution in [0.3, 0.4) is 0 Å². The molecule has 0 aliphatic rings. The molecule has 0 aliphatic heterocycles. The number of phenolic OH excluding ortho intramolecular Hbond substituents is 1. The minimum absolute atomic E-state index is 0.0363. The summed E-state index contributed by atoms with van der Waals surface area (Å²) in [6, 6.07) is 9.98. The predicted molar refractivity (Wildman–Crippen MR) is 74.0 cm³/mol. The first kappa shape index (κ1) is 13.5. The standard InChI is InChI=1S/C14H13N3O3/c1-20-12-7-4-5-10(13(12)18)9-16-17-14(19)11-6-2-3-8-15-11/h2-9,18H,1H3,(H,17,19)/b16-9-. The number of hydrazone groups is 1. The Morgan fingerprint density at radius 2 is 2.20 bits per heavy atom. The zero-order valence-electron chi connectivity index (χ0n) is 10.8. The van der Waals surface area contributed by atoms with Gasteiger partial charge in [0.1, 0.15) is 5.69 Å². The number of hydrogen-bond donors (Lipinski definition) is 2. The zero-order chi connectivity index (χ0) is 14.4. The number of nitrogens with zero attached hydrogens (tertiary/aromatic N) is 2. The summed E-state index contributed by atoms with van der Waals surface area (Å²) in [5, 5.41) is 13.6. The molecule has 0 spiro atoms. The number of nitrogens with one attached hydrogen (secondary N) is 1. The van der Waals surface area contributed by atoms with Gasteiger partial charge in [0.15, 0.2) is 11.5 Å². The molecule has 0 fully saturated rings. The summed E-state index contributed by atoms with van der Waals surface area (Å²) in [7, 11) is 1.46. The first-order valence-corrected chi connectivity index (χ1v) is 5.83. The summed E-state index contributed by atoms with van der Waals surface area (Å²) in [5.74, 6) is -0.125. The van der Waals surface area contributed by atoms with Crippen LogP contribution < -0.4 is 10.2 Å². The average molecular weight is 271 g/mol. The quantitative estimate of drug-likeness (QED) is 0.653. The van der Waals surface area contributed by atoms with Crippen molar-refractivity contribution in [3.63, 3.8) is 0 Å². The van der Waals surface area contributed by atoms with E-state index in [0.717, 1.165) is 0 Å². The van der Waals surface area contributed by atoms with Crippen LogP contribution in [0.25, 0.3) is 0 Å². The van der Waals surface area contributed by atoms with Crippen molar-refractivity contribution in [3.8, 4) is 11.5 Å². The highest BCUT2D eigenvalue weighted by Crippen LogP contribution is 2.27. The van der Waals surface area contributed by atoms with Crippen LogP contribution in [0.4, 0.5) is 0 Å². The SMILES string of the molecule is COc1cccc(/C=N\NC(=O)c2ccccn2)c1O. The summed E-state index contributed by atoms with van der Waals surface area (Å²) in [4.78, 5) is 15.6. The number of benzene rings is 1. The van der Waals surface area contributed by atoms with Crippen molar-refractivity contribution in [1.82, 2.24) is 10.4 Å². The summed E-state index contributed by atoms with van der Waals surface area (Å²) in [6.07, 6.45) is 2.85. The van der Waals surface area contributed by atoms with E-state index in [1.54, 1.807) is 36.4 Å². The molecule has 1 aromatic heterocycles. The molecule has 1 aromatic carbocycles. The van der Waals surface area contributed by atoms with Gasteiger partial charge in [-0.05, 0) is 24.3 Å². The van der Waals surface area contributed by atoms with Gasteiger partial charge in [-0.2, -0.15) is 5.10 Å². The van der Waals surface area contributed by atoms with E-state index in [0.29, 0.717) is 11.3 Å². The van der Waals surface area contributed by atoms with Gasteiger partial charge in [0, 0.05) is 11.8 Å². The number of hydrogen-bond acceptors (Lipinski definition) is 5. The van der Waals surface area contributed by atoms with Crippen LogP contribution in [-0.4, -0.2) is 29.3 Å². The molecule has 1 amide bonds. The van der Waals surface area contributed by atoms with Crippen LogP contribution >= 0.6 is 0 Å². The lowest BCUT2D eigenvalue weighted by molar-refractivity contribution is 0.0950. The molecular formula is C14H13N3O3. The Hall–Kier alpha value is -2.89. The maximum Gasteiger partial charge on any atom is 0.289 e. The Labute approximate surface area is 115 Å². The number of pyridine rings is 1. The maximum absolute atomic E-state index is 11.7. The minimum atomic E-state index is -0.427. The molecule has 20 heavy (non-hydrogen) atoms. The second-order valence-corrected chi connectivity index (χ2v) is 3.81. The molecule has 6 nitrogen and oxygen atoms in total. The molecule has 2 aromatic rings. The van der Waals surface area contributed by atoms with Gasteiger partial charge in [0.05, 0.1) is 13.3 Å². The van der Waals surface area contributed by atoms with Gasteiger partial charge in [-0.15, -0.1) is 0 Å². The van der Waals surface area contributed by atoms with Crippen molar-refractivity contribution >= 4 is 12.1 Å². The fourth-order valence-electron chi connectivity index (χ4n) is 1.52. The minimum Gasteiger partial charge on any atom is -0.504 e. The fourth-order valence-corrected chi connectivity index (χ4v) is 1.52. The Kier molecular flexibility index (Phi) is 4.28. The second-order valence-electron chi connectivity index (χ2n) is 3.81. The highest BCUT2D eigenvalue weighted by atomic mass is 16.5. The monoisotopic (exact) mass is 271 g/mol. The Morgan fingerprint density at radius 1 is 1.35 bits per heavy atom. The van der Waals surface area contributed by atoms with Gasteiger partial charge in [-0.3, -0.25) is 9.78 Å². The third-order valence-corrected chi connectivity index (χ3v) is 2.52. The van der Waals surface area contributed by atoms with E-state index in [1.165, 1.54) is 19.5 Å². The van der Waals surface area contributed by atoms with Crippen molar-refractivity contribution < 1.29 is 14.6 Å². The van der Waals surface area contributed by atoms with Gasteiger partial charge < -0.3 is 9.84 Å². The molecule has 0 aliphatic carbocycles. The number of carbonyl (C=O) groups excluding carboxylic acids is 1. The zero-order valence-corrected chi connectivity index (χ0v) is 10.8. The number of methoxy groups -OCH3 is 1. The van der Waals surface area contributed by atoms with Gasteiger partial charge in [-0.25, -0.2) is 5.43 Å². The third-order valence-electron chi connectivity index (χ3n) is 2.52. The smallest absolute Gasteiger partial charge is 0.289 e. The van der Waals surface area contributed by atoms with Gasteiger partial charge >= 0.3 is 0 Å². The van der Waals surface area contributed by atoms with Gasteiger partial charge in [-0.1, -0.05) is 12.1 Å². The topological polar surface area (TPSA) is 83.8 Å². The molecule has 6 heteroatoms. The van der Waals surface area contributed by atoms with Crippen molar-refractivity contribution in [2.45, 2.75) is 0 Å². The molecular weight excluding hydrogens is 258 g/mol. The van der Waals surface area contributed by atoms with Crippen molar-refractivity contribution in [3.05, 3.63) is 53.9 Å². The Balaban J connectivity index is 2.06. The van der Waals surface area contributed by atoms with E-state index >= 15 is 0 Å². The number of amides is 1. The number of aromatic nitrogens is 1. The van der Waals surface area contributed by atoms with Crippen molar-refractivity contribution in [1.29, 1.82) is 0 Å².